The Bertz CT molecular complexity index is 500. The van der Waals surface area contributed by atoms with E-state index in [-0.39, 0.29) is 11.8 Å². The van der Waals surface area contributed by atoms with Crippen LogP contribution in [0.15, 0.2) is 0 Å². The molecular weight excluding hydrogens is 388 g/mol. The largest absolute Gasteiger partial charge is 0.247 e. The molecule has 0 saturated heterocycles. The van der Waals surface area contributed by atoms with Crippen LogP contribution in [0.5, 0.6) is 0 Å². The first-order valence-corrected chi connectivity index (χ1v) is 13.3. The van der Waals surface area contributed by atoms with E-state index in [2.05, 4.69) is 16.2 Å². The zero-order valence-corrected chi connectivity index (χ0v) is 19.4. The molecule has 4 rings (SSSR count). The SMILES string of the molecule is CC1CCC(C2CCC(C3CCC(C4CC(F)C(P)C(F)C4)C(F)C3)CC2)CC1. The normalized spacial score (nSPS) is 52.2. The first kappa shape index (κ1) is 22.4. The molecule has 6 unspecified atom stereocenters. The van der Waals surface area contributed by atoms with Crippen molar-refractivity contribution in [3.05, 3.63) is 0 Å². The summed E-state index contributed by atoms with van der Waals surface area (Å²) in [6.07, 6.45) is 11.1. The van der Waals surface area contributed by atoms with Gasteiger partial charge in [-0.25, -0.2) is 13.2 Å². The van der Waals surface area contributed by atoms with Gasteiger partial charge in [-0.15, -0.1) is 9.24 Å². The van der Waals surface area contributed by atoms with Crippen molar-refractivity contribution in [3.8, 4) is 0 Å². The van der Waals surface area contributed by atoms with Gasteiger partial charge in [0.05, 0.1) is 0 Å². The van der Waals surface area contributed by atoms with Gasteiger partial charge in [0.15, 0.2) is 0 Å². The minimum absolute atomic E-state index is 0.0998. The van der Waals surface area contributed by atoms with Crippen molar-refractivity contribution in [2.24, 2.45) is 41.4 Å². The second kappa shape index (κ2) is 9.79. The average Bonchev–Trinajstić information content (AvgIpc) is 2.72. The number of hydrogen-bond donors (Lipinski definition) is 0. The second-order valence-electron chi connectivity index (χ2n) is 11.3. The highest BCUT2D eigenvalue weighted by molar-refractivity contribution is 7.17. The van der Waals surface area contributed by atoms with Gasteiger partial charge < -0.3 is 0 Å². The second-order valence-corrected chi connectivity index (χ2v) is 12.1. The Kier molecular flexibility index (Phi) is 7.57. The average molecular weight is 431 g/mol. The van der Waals surface area contributed by atoms with E-state index in [1.165, 1.54) is 51.4 Å². The van der Waals surface area contributed by atoms with Crippen LogP contribution in [0.1, 0.15) is 90.4 Å². The fourth-order valence-corrected chi connectivity index (χ4v) is 7.85. The van der Waals surface area contributed by atoms with E-state index in [1.807, 2.05) is 0 Å². The van der Waals surface area contributed by atoms with Gasteiger partial charge in [0.2, 0.25) is 0 Å². The number of halogens is 3. The Labute approximate surface area is 178 Å². The van der Waals surface area contributed by atoms with Gasteiger partial charge in [0.1, 0.15) is 18.5 Å². The summed E-state index contributed by atoms with van der Waals surface area (Å²) in [6, 6.07) is 0. The monoisotopic (exact) mass is 430 g/mol. The van der Waals surface area contributed by atoms with Crippen LogP contribution in [0.4, 0.5) is 13.2 Å². The molecule has 0 aromatic heterocycles. The van der Waals surface area contributed by atoms with Crippen LogP contribution >= 0.6 is 9.24 Å². The molecule has 4 heteroatoms. The Hall–Kier alpha value is 0.220. The van der Waals surface area contributed by atoms with E-state index in [4.69, 9.17) is 0 Å². The maximum absolute atomic E-state index is 15.1. The van der Waals surface area contributed by atoms with E-state index in [0.29, 0.717) is 31.1 Å². The maximum Gasteiger partial charge on any atom is 0.109 e. The highest BCUT2D eigenvalue weighted by atomic mass is 31.0. The summed E-state index contributed by atoms with van der Waals surface area (Å²) in [5.74, 6) is 3.78. The fraction of sp³-hybridized carbons (Fsp3) is 1.00. The molecule has 168 valence electrons. The van der Waals surface area contributed by atoms with Crippen molar-refractivity contribution in [3.63, 3.8) is 0 Å². The van der Waals surface area contributed by atoms with Crippen LogP contribution in [0.3, 0.4) is 0 Å². The number of rotatable bonds is 3. The van der Waals surface area contributed by atoms with Crippen LogP contribution in [0, 0.1) is 41.4 Å². The maximum atomic E-state index is 15.1. The molecule has 0 aromatic carbocycles. The zero-order chi connectivity index (χ0) is 20.5. The molecule has 0 aliphatic heterocycles. The van der Waals surface area contributed by atoms with Gasteiger partial charge in [0.25, 0.3) is 0 Å². The van der Waals surface area contributed by atoms with Gasteiger partial charge in [-0.2, -0.15) is 0 Å². The fourth-order valence-electron chi connectivity index (χ4n) is 7.54. The number of alkyl halides is 3. The Morgan fingerprint density at radius 2 is 0.931 bits per heavy atom. The van der Waals surface area contributed by atoms with Crippen LogP contribution in [-0.4, -0.2) is 24.2 Å². The molecule has 0 aromatic rings. The summed E-state index contributed by atoms with van der Waals surface area (Å²) in [4.78, 5) is 0. The lowest BCUT2D eigenvalue weighted by atomic mass is 9.63. The van der Waals surface area contributed by atoms with E-state index in [0.717, 1.165) is 30.6 Å². The smallest absolute Gasteiger partial charge is 0.109 e. The molecule has 6 atom stereocenters. The van der Waals surface area contributed by atoms with Crippen molar-refractivity contribution in [2.75, 3.05) is 0 Å². The lowest BCUT2D eigenvalue weighted by Gasteiger charge is -2.44. The van der Waals surface area contributed by atoms with Gasteiger partial charge in [-0.1, -0.05) is 19.8 Å². The molecule has 0 spiro atoms. The summed E-state index contributed by atoms with van der Waals surface area (Å²) in [7, 11) is 2.32. The molecule has 0 heterocycles. The van der Waals surface area contributed by atoms with Crippen molar-refractivity contribution < 1.29 is 13.2 Å². The molecule has 4 fully saturated rings. The number of hydrogen-bond acceptors (Lipinski definition) is 0. The molecule has 4 saturated carbocycles. The Morgan fingerprint density at radius 3 is 1.45 bits per heavy atom. The van der Waals surface area contributed by atoms with Gasteiger partial charge >= 0.3 is 0 Å². The molecule has 0 bridgehead atoms. The van der Waals surface area contributed by atoms with Gasteiger partial charge in [-0.3, -0.25) is 0 Å². The summed E-state index contributed by atoms with van der Waals surface area (Å²) < 4.78 is 43.5. The van der Waals surface area contributed by atoms with E-state index in [9.17, 15) is 8.78 Å². The predicted molar refractivity (Wildman–Crippen MR) is 118 cm³/mol. The van der Waals surface area contributed by atoms with E-state index >= 15 is 4.39 Å². The summed E-state index contributed by atoms with van der Waals surface area (Å²) in [5, 5.41) is 0. The highest BCUT2D eigenvalue weighted by Crippen LogP contribution is 2.49. The van der Waals surface area contributed by atoms with Crippen molar-refractivity contribution in [2.45, 2.75) is 115 Å². The van der Waals surface area contributed by atoms with E-state index < -0.39 is 24.2 Å². The third-order valence-electron chi connectivity index (χ3n) is 9.57. The molecule has 4 aliphatic carbocycles. The quantitative estimate of drug-likeness (QED) is 0.402. The van der Waals surface area contributed by atoms with Crippen LogP contribution in [0.25, 0.3) is 0 Å². The first-order valence-electron chi connectivity index (χ1n) is 12.6. The molecule has 4 aliphatic rings. The minimum atomic E-state index is -1.13. The zero-order valence-electron chi connectivity index (χ0n) is 18.3. The van der Waals surface area contributed by atoms with Gasteiger partial charge in [0, 0.05) is 5.66 Å². The third kappa shape index (κ3) is 5.18. The van der Waals surface area contributed by atoms with Crippen molar-refractivity contribution in [1.29, 1.82) is 0 Å². The van der Waals surface area contributed by atoms with Crippen LogP contribution in [0.2, 0.25) is 0 Å². The van der Waals surface area contributed by atoms with Crippen molar-refractivity contribution in [1.82, 2.24) is 0 Å². The molecule has 0 nitrogen and oxygen atoms in total. The van der Waals surface area contributed by atoms with Crippen LogP contribution in [-0.2, 0) is 0 Å². The molecule has 0 N–H and O–H groups in total. The van der Waals surface area contributed by atoms with Crippen molar-refractivity contribution >= 4 is 9.24 Å². The lowest BCUT2D eigenvalue weighted by Crippen LogP contribution is -2.43. The summed E-state index contributed by atoms with van der Waals surface area (Å²) >= 11 is 0. The van der Waals surface area contributed by atoms with Crippen LogP contribution < -0.4 is 0 Å². The molecule has 0 radical (unpaired) electrons. The highest BCUT2D eigenvalue weighted by Gasteiger charge is 2.44. The molecular formula is C25H42F3P. The third-order valence-corrected chi connectivity index (χ3v) is 10.4. The standard InChI is InChI=1S/C25H42F3P/c1-15-2-4-16(5-3-15)17-6-8-18(9-7-17)19-10-11-21(22(26)12-19)20-13-23(27)25(29)24(28)14-20/h15-25H,2-14,29H2,1H3. The van der Waals surface area contributed by atoms with Gasteiger partial charge in [-0.05, 0) is 112 Å². The Balaban J connectivity index is 1.24. The molecule has 0 amide bonds. The minimum Gasteiger partial charge on any atom is -0.247 e. The summed E-state index contributed by atoms with van der Waals surface area (Å²) in [5.41, 5.74) is -0.594. The molecule has 29 heavy (non-hydrogen) atoms. The lowest BCUT2D eigenvalue weighted by molar-refractivity contribution is 0.00906. The predicted octanol–water partition coefficient (Wildman–Crippen LogP) is 7.70. The topological polar surface area (TPSA) is 0 Å². The summed E-state index contributed by atoms with van der Waals surface area (Å²) in [6.45, 7) is 2.39. The Morgan fingerprint density at radius 1 is 0.517 bits per heavy atom. The first-order chi connectivity index (χ1) is 13.9. The van der Waals surface area contributed by atoms with E-state index in [1.54, 1.807) is 0 Å².